The molecule has 128 valence electrons. The summed E-state index contributed by atoms with van der Waals surface area (Å²) in [5, 5.41) is 3.67. The summed E-state index contributed by atoms with van der Waals surface area (Å²) >= 11 is 0. The Morgan fingerprint density at radius 3 is 2.00 bits per heavy atom. The molecule has 0 aromatic heterocycles. The molecule has 2 aliphatic heterocycles. The van der Waals surface area contributed by atoms with Crippen molar-refractivity contribution in [1.29, 1.82) is 0 Å². The first-order chi connectivity index (χ1) is 11.3. The SMILES string of the molecule is CCC1CCCCP1c1ccccc1P1C(CC)CC[C@@H]1CC. The zero-order valence-electron chi connectivity index (χ0n) is 15.3. The van der Waals surface area contributed by atoms with Crippen molar-refractivity contribution < 1.29 is 0 Å². The van der Waals surface area contributed by atoms with E-state index in [1.54, 1.807) is 0 Å². The molecular weight excluding hydrogens is 314 g/mol. The highest BCUT2D eigenvalue weighted by Crippen LogP contribution is 2.58. The molecule has 1 aromatic rings. The van der Waals surface area contributed by atoms with Gasteiger partial charge in [0.05, 0.1) is 0 Å². The van der Waals surface area contributed by atoms with Gasteiger partial charge in [-0.25, -0.2) is 0 Å². The predicted octanol–water partition coefficient (Wildman–Crippen LogP) is 6.21. The van der Waals surface area contributed by atoms with Crippen molar-refractivity contribution in [3.63, 3.8) is 0 Å². The molecule has 0 N–H and O–H groups in total. The lowest BCUT2D eigenvalue weighted by molar-refractivity contribution is 0.640. The smallest absolute Gasteiger partial charge is 0.0158 e. The van der Waals surface area contributed by atoms with Crippen LogP contribution in [0.3, 0.4) is 0 Å². The molecule has 0 bridgehead atoms. The molecule has 5 atom stereocenters. The van der Waals surface area contributed by atoms with Crippen molar-refractivity contribution in [1.82, 2.24) is 0 Å². The Bertz CT molecular complexity index is 486. The molecule has 2 heteroatoms. The zero-order chi connectivity index (χ0) is 16.2. The van der Waals surface area contributed by atoms with E-state index in [4.69, 9.17) is 0 Å². The van der Waals surface area contributed by atoms with Crippen LogP contribution in [0, 0.1) is 0 Å². The summed E-state index contributed by atoms with van der Waals surface area (Å²) < 4.78 is 0. The summed E-state index contributed by atoms with van der Waals surface area (Å²) in [6.07, 6.45) is 13.1. The molecule has 1 aromatic carbocycles. The third kappa shape index (κ3) is 3.70. The molecule has 2 saturated heterocycles. The highest BCUT2D eigenvalue weighted by molar-refractivity contribution is 7.73. The first-order valence-electron chi connectivity index (χ1n) is 9.94. The van der Waals surface area contributed by atoms with E-state index in [9.17, 15) is 0 Å². The second-order valence-corrected chi connectivity index (χ2v) is 12.7. The average molecular weight is 348 g/mol. The Labute approximate surface area is 146 Å². The van der Waals surface area contributed by atoms with Gasteiger partial charge in [-0.3, -0.25) is 0 Å². The van der Waals surface area contributed by atoms with Gasteiger partial charge in [-0.2, -0.15) is 0 Å². The van der Waals surface area contributed by atoms with Crippen molar-refractivity contribution in [3.8, 4) is 0 Å². The first kappa shape index (κ1) is 17.9. The number of benzene rings is 1. The molecule has 2 heterocycles. The van der Waals surface area contributed by atoms with Crippen LogP contribution in [0.5, 0.6) is 0 Å². The highest BCUT2D eigenvalue weighted by atomic mass is 31.1. The third-order valence-electron chi connectivity index (χ3n) is 6.13. The van der Waals surface area contributed by atoms with Crippen molar-refractivity contribution >= 4 is 26.5 Å². The minimum atomic E-state index is 0.0793. The van der Waals surface area contributed by atoms with Crippen LogP contribution in [0.25, 0.3) is 0 Å². The first-order valence-corrected chi connectivity index (χ1v) is 13.0. The highest BCUT2D eigenvalue weighted by Gasteiger charge is 2.37. The molecule has 0 nitrogen and oxygen atoms in total. The summed E-state index contributed by atoms with van der Waals surface area (Å²) in [4.78, 5) is 0. The molecule has 0 spiro atoms. The average Bonchev–Trinajstić information content (AvgIpc) is 3.04. The molecule has 2 fully saturated rings. The van der Waals surface area contributed by atoms with Crippen LogP contribution in [-0.2, 0) is 0 Å². The molecule has 4 unspecified atom stereocenters. The Balaban J connectivity index is 1.96. The minimum Gasteiger partial charge on any atom is -0.0715 e. The molecule has 0 radical (unpaired) electrons. The Kier molecular flexibility index (Phi) is 6.57. The van der Waals surface area contributed by atoms with Gasteiger partial charge in [-0.15, -0.1) is 0 Å². The van der Waals surface area contributed by atoms with Crippen LogP contribution in [0.1, 0.15) is 72.1 Å². The molecule has 0 aliphatic carbocycles. The van der Waals surface area contributed by atoms with Crippen LogP contribution in [0.4, 0.5) is 0 Å². The van der Waals surface area contributed by atoms with E-state index in [0.717, 1.165) is 17.0 Å². The monoisotopic (exact) mass is 348 g/mol. The summed E-state index contributed by atoms with van der Waals surface area (Å²) in [5.74, 6) is 0. The molecule has 0 amide bonds. The van der Waals surface area contributed by atoms with E-state index in [1.807, 2.05) is 10.6 Å². The molecule has 2 aliphatic rings. The van der Waals surface area contributed by atoms with E-state index in [2.05, 4.69) is 45.0 Å². The van der Waals surface area contributed by atoms with Crippen molar-refractivity contribution in [3.05, 3.63) is 24.3 Å². The predicted molar refractivity (Wildman–Crippen MR) is 110 cm³/mol. The maximum atomic E-state index is 2.54. The Hall–Kier alpha value is 0.0800. The van der Waals surface area contributed by atoms with E-state index < -0.39 is 0 Å². The topological polar surface area (TPSA) is 0 Å². The van der Waals surface area contributed by atoms with Crippen molar-refractivity contribution in [2.24, 2.45) is 0 Å². The molecular formula is C21H34P2. The van der Waals surface area contributed by atoms with Gasteiger partial charge in [0.2, 0.25) is 0 Å². The second-order valence-electron chi connectivity index (χ2n) is 7.35. The molecule has 3 rings (SSSR count). The fraction of sp³-hybridized carbons (Fsp3) is 0.714. The van der Waals surface area contributed by atoms with Crippen LogP contribution in [0.15, 0.2) is 24.3 Å². The number of hydrogen-bond donors (Lipinski definition) is 0. The Morgan fingerprint density at radius 1 is 0.783 bits per heavy atom. The van der Waals surface area contributed by atoms with Gasteiger partial charge in [0.15, 0.2) is 0 Å². The van der Waals surface area contributed by atoms with Crippen LogP contribution in [0.2, 0.25) is 0 Å². The van der Waals surface area contributed by atoms with Gasteiger partial charge >= 0.3 is 0 Å². The minimum absolute atomic E-state index is 0.0793. The zero-order valence-corrected chi connectivity index (χ0v) is 17.1. The van der Waals surface area contributed by atoms with Gasteiger partial charge in [0.25, 0.3) is 0 Å². The third-order valence-corrected chi connectivity index (χ3v) is 13.4. The maximum Gasteiger partial charge on any atom is -0.0158 e. The maximum absolute atomic E-state index is 2.54. The summed E-state index contributed by atoms with van der Waals surface area (Å²) in [5.41, 5.74) is 2.99. The second kappa shape index (κ2) is 8.45. The van der Waals surface area contributed by atoms with Crippen LogP contribution < -0.4 is 10.6 Å². The quantitative estimate of drug-likeness (QED) is 0.555. The summed E-state index contributed by atoms with van der Waals surface area (Å²) in [7, 11) is 0.180. The van der Waals surface area contributed by atoms with Gasteiger partial charge in [0, 0.05) is 0 Å². The fourth-order valence-electron chi connectivity index (χ4n) is 4.82. The van der Waals surface area contributed by atoms with E-state index in [-0.39, 0.29) is 15.8 Å². The molecule has 23 heavy (non-hydrogen) atoms. The Morgan fingerprint density at radius 2 is 1.39 bits per heavy atom. The van der Waals surface area contributed by atoms with Crippen LogP contribution in [-0.4, -0.2) is 23.1 Å². The van der Waals surface area contributed by atoms with E-state index in [0.29, 0.717) is 0 Å². The van der Waals surface area contributed by atoms with Gasteiger partial charge in [-0.05, 0) is 78.7 Å². The van der Waals surface area contributed by atoms with Gasteiger partial charge in [0.1, 0.15) is 0 Å². The van der Waals surface area contributed by atoms with E-state index >= 15 is 0 Å². The number of rotatable bonds is 5. The lowest BCUT2D eigenvalue weighted by atomic mass is 10.1. The van der Waals surface area contributed by atoms with Crippen molar-refractivity contribution in [2.45, 2.75) is 89.1 Å². The number of hydrogen-bond acceptors (Lipinski definition) is 0. The summed E-state index contributed by atoms with van der Waals surface area (Å²) in [6.45, 7) is 7.29. The van der Waals surface area contributed by atoms with Gasteiger partial charge in [-0.1, -0.05) is 67.3 Å². The summed E-state index contributed by atoms with van der Waals surface area (Å²) in [6, 6.07) is 9.74. The standard InChI is InChI=1S/C21H34P2/c1-4-17-11-9-10-16-22(17)20-12-7-8-13-21(20)23-18(5-2)14-15-19(23)6-3/h7-8,12-13,17-19H,4-6,9-11,14-16H2,1-3H3/t17?,18-,19?,22?,23?/m0/s1. The van der Waals surface area contributed by atoms with Gasteiger partial charge < -0.3 is 0 Å². The fourth-order valence-corrected chi connectivity index (χ4v) is 12.3. The van der Waals surface area contributed by atoms with Crippen molar-refractivity contribution in [2.75, 3.05) is 6.16 Å². The van der Waals surface area contributed by atoms with E-state index in [1.165, 1.54) is 57.5 Å². The normalized spacial score (nSPS) is 34.7. The van der Waals surface area contributed by atoms with Crippen LogP contribution >= 0.6 is 15.8 Å². The lowest BCUT2D eigenvalue weighted by Crippen LogP contribution is -2.31. The molecule has 0 saturated carbocycles. The lowest BCUT2D eigenvalue weighted by Gasteiger charge is -2.36. The largest absolute Gasteiger partial charge is 0.0715 e.